The van der Waals surface area contributed by atoms with Gasteiger partial charge in [0, 0.05) is 32.8 Å². The molecule has 16 heavy (non-hydrogen) atoms. The van der Waals surface area contributed by atoms with Gasteiger partial charge in [0.1, 0.15) is 0 Å². The van der Waals surface area contributed by atoms with Crippen molar-refractivity contribution < 1.29 is 9.47 Å². The van der Waals surface area contributed by atoms with Crippen molar-refractivity contribution in [2.45, 2.75) is 43.9 Å². The summed E-state index contributed by atoms with van der Waals surface area (Å²) in [5.41, 5.74) is 5.96. The molecule has 4 heteroatoms. The molecule has 0 aromatic carbocycles. The third kappa shape index (κ3) is 4.37. The normalized spacial score (nSPS) is 28.3. The lowest BCUT2D eigenvalue weighted by molar-refractivity contribution is 0.0311. The molecule has 0 radical (unpaired) electrons. The maximum atomic E-state index is 5.96. The molecule has 2 N–H and O–H groups in total. The van der Waals surface area contributed by atoms with Gasteiger partial charge in [-0.2, -0.15) is 0 Å². The number of nitrogens with two attached hydrogens (primary N) is 1. The van der Waals surface area contributed by atoms with Gasteiger partial charge in [0.15, 0.2) is 0 Å². The maximum Gasteiger partial charge on any atom is 0.0626 e. The number of hydrogen-bond acceptors (Lipinski definition) is 4. The zero-order valence-electron chi connectivity index (χ0n) is 10.8. The number of nitrogens with zero attached hydrogens (tertiary/aromatic N) is 1. The molecule has 0 aromatic heterocycles. The molecule has 4 nitrogen and oxygen atoms in total. The molecule has 0 heterocycles. The summed E-state index contributed by atoms with van der Waals surface area (Å²) in [6.45, 7) is 1.53. The van der Waals surface area contributed by atoms with E-state index in [2.05, 4.69) is 11.9 Å². The van der Waals surface area contributed by atoms with Crippen LogP contribution in [-0.4, -0.2) is 57.5 Å². The van der Waals surface area contributed by atoms with Crippen LogP contribution in [0, 0.1) is 0 Å². The van der Waals surface area contributed by atoms with Crippen molar-refractivity contribution in [2.75, 3.05) is 34.4 Å². The first-order valence-corrected chi connectivity index (χ1v) is 6.15. The molecule has 3 atom stereocenters. The molecule has 1 rings (SSSR count). The Kier molecular flexibility index (Phi) is 6.28. The van der Waals surface area contributed by atoms with E-state index in [0.717, 1.165) is 13.0 Å². The number of rotatable bonds is 6. The molecule has 0 aliphatic heterocycles. The first-order valence-electron chi connectivity index (χ1n) is 6.15. The summed E-state index contributed by atoms with van der Waals surface area (Å²) in [5, 5.41) is 0. The van der Waals surface area contributed by atoms with Crippen LogP contribution in [0.15, 0.2) is 0 Å². The van der Waals surface area contributed by atoms with Crippen molar-refractivity contribution in [1.82, 2.24) is 4.90 Å². The minimum Gasteiger partial charge on any atom is -0.383 e. The van der Waals surface area contributed by atoms with Crippen LogP contribution < -0.4 is 5.73 Å². The van der Waals surface area contributed by atoms with E-state index in [9.17, 15) is 0 Å². The lowest BCUT2D eigenvalue weighted by Gasteiger charge is -2.35. The molecule has 3 unspecified atom stereocenters. The summed E-state index contributed by atoms with van der Waals surface area (Å²) < 4.78 is 10.5. The van der Waals surface area contributed by atoms with E-state index in [4.69, 9.17) is 15.2 Å². The molecule has 1 aliphatic carbocycles. The molecule has 96 valence electrons. The van der Waals surface area contributed by atoms with Crippen molar-refractivity contribution in [3.63, 3.8) is 0 Å². The fraction of sp³-hybridized carbons (Fsp3) is 1.00. The molecule has 0 bridgehead atoms. The monoisotopic (exact) mass is 230 g/mol. The predicted octanol–water partition coefficient (Wildman–Crippen LogP) is 0.850. The Morgan fingerprint density at radius 1 is 1.38 bits per heavy atom. The highest BCUT2D eigenvalue weighted by Crippen LogP contribution is 2.24. The zero-order chi connectivity index (χ0) is 12.0. The van der Waals surface area contributed by atoms with E-state index in [1.54, 1.807) is 7.11 Å². The molecule has 0 aromatic rings. The van der Waals surface area contributed by atoms with E-state index >= 15 is 0 Å². The molecule has 0 saturated heterocycles. The SMILES string of the molecule is COCC(N)CN(C)C1CCCC(OC)C1. The Morgan fingerprint density at radius 3 is 2.75 bits per heavy atom. The van der Waals surface area contributed by atoms with Crippen molar-refractivity contribution >= 4 is 0 Å². The standard InChI is InChI=1S/C12H26N2O2/c1-14(8-10(13)9-15-2)11-5-4-6-12(7-11)16-3/h10-12H,4-9,13H2,1-3H3. The summed E-state index contributed by atoms with van der Waals surface area (Å²) in [7, 11) is 5.66. The van der Waals surface area contributed by atoms with E-state index in [1.807, 2.05) is 7.11 Å². The second-order valence-corrected chi connectivity index (χ2v) is 4.83. The Bertz CT molecular complexity index is 190. The maximum absolute atomic E-state index is 5.96. The van der Waals surface area contributed by atoms with Crippen LogP contribution in [0.3, 0.4) is 0 Å². The van der Waals surface area contributed by atoms with Gasteiger partial charge in [0.2, 0.25) is 0 Å². The van der Waals surface area contributed by atoms with Gasteiger partial charge in [-0.25, -0.2) is 0 Å². The van der Waals surface area contributed by atoms with E-state index in [0.29, 0.717) is 18.8 Å². The predicted molar refractivity (Wildman–Crippen MR) is 65.5 cm³/mol. The first kappa shape index (κ1) is 13.9. The third-order valence-electron chi connectivity index (χ3n) is 3.46. The number of ether oxygens (including phenoxy) is 2. The summed E-state index contributed by atoms with van der Waals surface area (Å²) in [6.07, 6.45) is 5.28. The smallest absolute Gasteiger partial charge is 0.0626 e. The number of likely N-dealkylation sites (N-methyl/N-ethyl adjacent to an activating group) is 1. The summed E-state index contributed by atoms with van der Waals surface area (Å²) >= 11 is 0. The van der Waals surface area contributed by atoms with Gasteiger partial charge < -0.3 is 20.1 Å². The van der Waals surface area contributed by atoms with Gasteiger partial charge in [0.05, 0.1) is 12.7 Å². The van der Waals surface area contributed by atoms with Crippen molar-refractivity contribution in [3.05, 3.63) is 0 Å². The quantitative estimate of drug-likeness (QED) is 0.735. The highest BCUT2D eigenvalue weighted by molar-refractivity contribution is 4.81. The Labute approximate surface area is 99.1 Å². The van der Waals surface area contributed by atoms with E-state index < -0.39 is 0 Å². The average Bonchev–Trinajstić information content (AvgIpc) is 2.29. The Hall–Kier alpha value is -0.160. The fourth-order valence-corrected chi connectivity index (χ4v) is 2.52. The Balaban J connectivity index is 2.32. The highest BCUT2D eigenvalue weighted by atomic mass is 16.5. The zero-order valence-corrected chi connectivity index (χ0v) is 10.8. The van der Waals surface area contributed by atoms with Crippen LogP contribution in [0.25, 0.3) is 0 Å². The minimum absolute atomic E-state index is 0.109. The molecule has 0 spiro atoms. The molecular weight excluding hydrogens is 204 g/mol. The lowest BCUT2D eigenvalue weighted by atomic mass is 9.92. The van der Waals surface area contributed by atoms with Crippen molar-refractivity contribution in [3.8, 4) is 0 Å². The molecule has 1 fully saturated rings. The summed E-state index contributed by atoms with van der Waals surface area (Å²) in [6, 6.07) is 0.722. The minimum atomic E-state index is 0.109. The van der Waals surface area contributed by atoms with Crippen molar-refractivity contribution in [2.24, 2.45) is 5.73 Å². The number of hydrogen-bond donors (Lipinski definition) is 1. The van der Waals surface area contributed by atoms with Crippen LogP contribution in [0.4, 0.5) is 0 Å². The first-order chi connectivity index (χ1) is 7.67. The lowest BCUT2D eigenvalue weighted by Crippen LogP contribution is -2.45. The van der Waals surface area contributed by atoms with Crippen LogP contribution in [0.2, 0.25) is 0 Å². The summed E-state index contributed by atoms with van der Waals surface area (Å²) in [4.78, 5) is 2.36. The average molecular weight is 230 g/mol. The van der Waals surface area contributed by atoms with Gasteiger partial charge in [-0.3, -0.25) is 0 Å². The molecular formula is C12H26N2O2. The van der Waals surface area contributed by atoms with Gasteiger partial charge in [-0.1, -0.05) is 0 Å². The van der Waals surface area contributed by atoms with Gasteiger partial charge >= 0.3 is 0 Å². The van der Waals surface area contributed by atoms with E-state index in [-0.39, 0.29) is 6.04 Å². The largest absolute Gasteiger partial charge is 0.383 e. The second kappa shape index (κ2) is 7.22. The van der Waals surface area contributed by atoms with E-state index in [1.165, 1.54) is 19.3 Å². The van der Waals surface area contributed by atoms with Crippen LogP contribution in [0.5, 0.6) is 0 Å². The van der Waals surface area contributed by atoms with Crippen LogP contribution >= 0.6 is 0 Å². The number of methoxy groups -OCH3 is 2. The fourth-order valence-electron chi connectivity index (χ4n) is 2.52. The Morgan fingerprint density at radius 2 is 2.12 bits per heavy atom. The van der Waals surface area contributed by atoms with Crippen LogP contribution in [-0.2, 0) is 9.47 Å². The highest BCUT2D eigenvalue weighted by Gasteiger charge is 2.25. The summed E-state index contributed by atoms with van der Waals surface area (Å²) in [5.74, 6) is 0. The topological polar surface area (TPSA) is 47.7 Å². The molecule has 1 saturated carbocycles. The molecule has 0 amide bonds. The second-order valence-electron chi connectivity index (χ2n) is 4.83. The molecule has 1 aliphatic rings. The van der Waals surface area contributed by atoms with Crippen molar-refractivity contribution in [1.29, 1.82) is 0 Å². The third-order valence-corrected chi connectivity index (χ3v) is 3.46. The van der Waals surface area contributed by atoms with Crippen LogP contribution in [0.1, 0.15) is 25.7 Å². The van der Waals surface area contributed by atoms with Gasteiger partial charge in [0.25, 0.3) is 0 Å². The van der Waals surface area contributed by atoms with Gasteiger partial charge in [-0.05, 0) is 32.7 Å². The van der Waals surface area contributed by atoms with Gasteiger partial charge in [-0.15, -0.1) is 0 Å².